The zero-order valence-corrected chi connectivity index (χ0v) is 18.8. The SMILES string of the molecule is Cc1c(N2CCC(Oc3ccc4c(cnn4C)c3)CC2)nc2c(c1C)C(=O)N(CCO)C2. The Kier molecular flexibility index (Phi) is 5.25. The lowest BCUT2D eigenvalue weighted by atomic mass is 10.0. The molecule has 0 atom stereocenters. The number of hydrogen-bond donors (Lipinski definition) is 1. The van der Waals surface area contributed by atoms with Crippen molar-refractivity contribution in [2.75, 3.05) is 31.1 Å². The van der Waals surface area contributed by atoms with Gasteiger partial charge in [-0.05, 0) is 43.2 Å². The Balaban J connectivity index is 1.28. The summed E-state index contributed by atoms with van der Waals surface area (Å²) in [5.74, 6) is 1.83. The van der Waals surface area contributed by atoms with Crippen molar-refractivity contribution < 1.29 is 14.6 Å². The maximum absolute atomic E-state index is 12.7. The molecular formula is C24H29N5O3. The molecule has 2 aromatic heterocycles. The summed E-state index contributed by atoms with van der Waals surface area (Å²) >= 11 is 0. The smallest absolute Gasteiger partial charge is 0.256 e. The number of aryl methyl sites for hydroxylation is 1. The fraction of sp³-hybridized carbons (Fsp3) is 0.458. The van der Waals surface area contributed by atoms with Crippen LogP contribution >= 0.6 is 0 Å². The van der Waals surface area contributed by atoms with E-state index in [0.29, 0.717) is 18.7 Å². The van der Waals surface area contributed by atoms with Gasteiger partial charge in [-0.15, -0.1) is 0 Å². The number of pyridine rings is 1. The van der Waals surface area contributed by atoms with Gasteiger partial charge < -0.3 is 19.6 Å². The van der Waals surface area contributed by atoms with Crippen LogP contribution in [0.15, 0.2) is 24.4 Å². The summed E-state index contributed by atoms with van der Waals surface area (Å²) in [6, 6.07) is 6.12. The van der Waals surface area contributed by atoms with Crippen molar-refractivity contribution in [3.63, 3.8) is 0 Å². The third-order valence-electron chi connectivity index (χ3n) is 6.78. The molecule has 4 heterocycles. The summed E-state index contributed by atoms with van der Waals surface area (Å²) < 4.78 is 8.14. The average Bonchev–Trinajstić information content (AvgIpc) is 3.31. The number of hydrogen-bond acceptors (Lipinski definition) is 6. The van der Waals surface area contributed by atoms with Crippen LogP contribution in [0.4, 0.5) is 5.82 Å². The lowest BCUT2D eigenvalue weighted by molar-refractivity contribution is 0.0744. The van der Waals surface area contributed by atoms with E-state index < -0.39 is 0 Å². The number of carbonyl (C=O) groups excluding carboxylic acids is 1. The van der Waals surface area contributed by atoms with Crippen molar-refractivity contribution in [3.8, 4) is 5.75 Å². The number of rotatable bonds is 5. The summed E-state index contributed by atoms with van der Waals surface area (Å²) in [6.07, 6.45) is 3.86. The van der Waals surface area contributed by atoms with Gasteiger partial charge in [0.1, 0.15) is 17.7 Å². The Morgan fingerprint density at radius 1 is 1.19 bits per heavy atom. The number of fused-ring (bicyclic) bond motifs is 2. The largest absolute Gasteiger partial charge is 0.490 e. The first-order chi connectivity index (χ1) is 15.5. The van der Waals surface area contributed by atoms with Gasteiger partial charge in [0.05, 0.1) is 36.1 Å². The van der Waals surface area contributed by atoms with Crippen LogP contribution in [0.5, 0.6) is 5.75 Å². The average molecular weight is 436 g/mol. The van der Waals surface area contributed by atoms with Gasteiger partial charge in [0.25, 0.3) is 5.91 Å². The fourth-order valence-electron chi connectivity index (χ4n) is 4.85. The zero-order valence-electron chi connectivity index (χ0n) is 18.8. The molecule has 1 aromatic carbocycles. The molecule has 0 radical (unpaired) electrons. The molecule has 0 spiro atoms. The number of amides is 1. The number of β-amino-alcohol motifs (C(OH)–C–C–N with tert-alkyl or cyclic N) is 1. The molecule has 0 saturated carbocycles. The third kappa shape index (κ3) is 3.48. The van der Waals surface area contributed by atoms with Crippen molar-refractivity contribution in [2.45, 2.75) is 39.3 Å². The van der Waals surface area contributed by atoms with Crippen molar-refractivity contribution in [1.29, 1.82) is 0 Å². The molecule has 2 aliphatic heterocycles. The second-order valence-electron chi connectivity index (χ2n) is 8.75. The van der Waals surface area contributed by atoms with Crippen molar-refractivity contribution in [2.24, 2.45) is 7.05 Å². The number of aliphatic hydroxyl groups is 1. The van der Waals surface area contributed by atoms with Gasteiger partial charge in [-0.3, -0.25) is 9.48 Å². The minimum absolute atomic E-state index is 0.0219. The Labute approximate surface area is 187 Å². The van der Waals surface area contributed by atoms with Crippen LogP contribution < -0.4 is 9.64 Å². The van der Waals surface area contributed by atoms with E-state index in [1.54, 1.807) is 4.90 Å². The minimum Gasteiger partial charge on any atom is -0.490 e. The lowest BCUT2D eigenvalue weighted by Gasteiger charge is -2.34. The molecule has 1 amide bonds. The monoisotopic (exact) mass is 435 g/mol. The topological polar surface area (TPSA) is 83.7 Å². The van der Waals surface area contributed by atoms with Crippen LogP contribution in [-0.4, -0.2) is 63.0 Å². The molecule has 5 rings (SSSR count). The summed E-state index contributed by atoms with van der Waals surface area (Å²) in [5, 5.41) is 14.6. The van der Waals surface area contributed by atoms with Gasteiger partial charge in [-0.1, -0.05) is 0 Å². The number of ether oxygens (including phenoxy) is 1. The normalized spacial score (nSPS) is 16.8. The number of nitrogens with zero attached hydrogens (tertiary/aromatic N) is 5. The van der Waals surface area contributed by atoms with Crippen molar-refractivity contribution in [3.05, 3.63) is 46.8 Å². The summed E-state index contributed by atoms with van der Waals surface area (Å²) in [4.78, 5) is 21.6. The van der Waals surface area contributed by atoms with Crippen LogP contribution in [0.2, 0.25) is 0 Å². The molecule has 3 aromatic rings. The Bertz CT molecular complexity index is 1180. The molecule has 1 saturated heterocycles. The van der Waals surface area contributed by atoms with E-state index in [-0.39, 0.29) is 18.6 Å². The summed E-state index contributed by atoms with van der Waals surface area (Å²) in [6.45, 7) is 6.55. The first-order valence-corrected chi connectivity index (χ1v) is 11.2. The van der Waals surface area contributed by atoms with E-state index in [2.05, 4.69) is 22.1 Å². The predicted molar refractivity (Wildman–Crippen MR) is 122 cm³/mol. The van der Waals surface area contributed by atoms with Crippen LogP contribution in [0, 0.1) is 13.8 Å². The van der Waals surface area contributed by atoms with E-state index in [1.165, 1.54) is 0 Å². The molecular weight excluding hydrogens is 406 g/mol. The van der Waals surface area contributed by atoms with Gasteiger partial charge in [0.15, 0.2) is 0 Å². The molecule has 32 heavy (non-hydrogen) atoms. The lowest BCUT2D eigenvalue weighted by Crippen LogP contribution is -2.39. The molecule has 0 aliphatic carbocycles. The van der Waals surface area contributed by atoms with Crippen LogP contribution in [0.25, 0.3) is 10.9 Å². The molecule has 168 valence electrons. The minimum atomic E-state index is -0.0359. The van der Waals surface area contributed by atoms with Crippen LogP contribution in [-0.2, 0) is 13.6 Å². The van der Waals surface area contributed by atoms with Gasteiger partial charge in [0.2, 0.25) is 0 Å². The molecule has 0 bridgehead atoms. The highest BCUT2D eigenvalue weighted by atomic mass is 16.5. The standard InChI is InChI=1S/C24H29N5O3/c1-15-16(2)23(26-20-14-29(10-11-30)24(31)22(15)20)28-8-6-18(7-9-28)32-19-4-5-21-17(12-19)13-25-27(21)3/h4-5,12-13,18,30H,6-11,14H2,1-3H3. The number of aliphatic hydroxyl groups excluding tert-OH is 1. The highest BCUT2D eigenvalue weighted by Gasteiger charge is 2.33. The first-order valence-electron chi connectivity index (χ1n) is 11.2. The number of aromatic nitrogens is 3. The highest BCUT2D eigenvalue weighted by Crippen LogP contribution is 2.33. The van der Waals surface area contributed by atoms with Crippen LogP contribution in [0.3, 0.4) is 0 Å². The maximum Gasteiger partial charge on any atom is 0.256 e. The molecule has 1 fully saturated rings. The number of piperidine rings is 1. The zero-order chi connectivity index (χ0) is 22.4. The fourth-order valence-corrected chi connectivity index (χ4v) is 4.85. The number of benzene rings is 1. The molecule has 2 aliphatic rings. The van der Waals surface area contributed by atoms with Gasteiger partial charge in [-0.25, -0.2) is 4.98 Å². The van der Waals surface area contributed by atoms with Gasteiger partial charge >= 0.3 is 0 Å². The van der Waals surface area contributed by atoms with E-state index in [0.717, 1.165) is 65.2 Å². The van der Waals surface area contributed by atoms with E-state index >= 15 is 0 Å². The Hall–Kier alpha value is -3.13. The third-order valence-corrected chi connectivity index (χ3v) is 6.78. The second kappa shape index (κ2) is 8.09. The van der Waals surface area contributed by atoms with E-state index in [1.807, 2.05) is 37.8 Å². The number of anilines is 1. The Morgan fingerprint density at radius 2 is 1.97 bits per heavy atom. The highest BCUT2D eigenvalue weighted by molar-refractivity contribution is 6.00. The first kappa shape index (κ1) is 20.8. The molecule has 1 N–H and O–H groups in total. The Morgan fingerprint density at radius 3 is 2.72 bits per heavy atom. The quantitative estimate of drug-likeness (QED) is 0.663. The molecule has 8 nitrogen and oxygen atoms in total. The predicted octanol–water partition coefficient (Wildman–Crippen LogP) is 2.58. The van der Waals surface area contributed by atoms with Crippen molar-refractivity contribution >= 4 is 22.6 Å². The summed E-state index contributed by atoms with van der Waals surface area (Å²) in [7, 11) is 1.94. The van der Waals surface area contributed by atoms with Crippen molar-refractivity contribution in [1.82, 2.24) is 19.7 Å². The molecule has 0 unspecified atom stereocenters. The van der Waals surface area contributed by atoms with E-state index in [9.17, 15) is 9.90 Å². The summed E-state index contributed by atoms with van der Waals surface area (Å²) in [5.41, 5.74) is 4.69. The second-order valence-corrected chi connectivity index (χ2v) is 8.75. The number of carbonyl (C=O) groups is 1. The maximum atomic E-state index is 12.7. The van der Waals surface area contributed by atoms with Gasteiger partial charge in [-0.2, -0.15) is 5.10 Å². The molecule has 8 heteroatoms. The van der Waals surface area contributed by atoms with Gasteiger partial charge in [0, 0.05) is 44.9 Å². The van der Waals surface area contributed by atoms with E-state index in [4.69, 9.17) is 9.72 Å². The van der Waals surface area contributed by atoms with Crippen LogP contribution in [0.1, 0.15) is 40.0 Å².